The molecule has 0 radical (unpaired) electrons. The maximum Gasteiger partial charge on any atom is -0.0187 e. The van der Waals surface area contributed by atoms with Crippen LogP contribution in [0, 0.1) is 5.92 Å². The van der Waals surface area contributed by atoms with E-state index in [1.54, 1.807) is 0 Å². The molecule has 0 N–H and O–H groups in total. The van der Waals surface area contributed by atoms with E-state index in [9.17, 15) is 0 Å². The second-order valence-corrected chi connectivity index (χ2v) is 5.00. The molecule has 0 aliphatic rings. The first kappa shape index (κ1) is 14.8. The van der Waals surface area contributed by atoms with E-state index in [-0.39, 0.29) is 0 Å². The lowest BCUT2D eigenvalue weighted by Crippen LogP contribution is -1.91. The molecular formula is C14H26S. The van der Waals surface area contributed by atoms with E-state index >= 15 is 0 Å². The van der Waals surface area contributed by atoms with Gasteiger partial charge in [-0.25, -0.2) is 0 Å². The third-order valence-electron chi connectivity index (χ3n) is 2.89. The van der Waals surface area contributed by atoms with E-state index in [0.29, 0.717) is 0 Å². The number of rotatable bonds is 7. The van der Waals surface area contributed by atoms with Crippen molar-refractivity contribution in [2.45, 2.75) is 59.8 Å². The minimum atomic E-state index is 0.879. The van der Waals surface area contributed by atoms with E-state index in [1.807, 2.05) is 0 Å². The van der Waals surface area contributed by atoms with Crippen LogP contribution in [0.4, 0.5) is 0 Å². The fourth-order valence-corrected chi connectivity index (χ4v) is 1.45. The molecule has 0 saturated heterocycles. The molecule has 1 atom stereocenters. The van der Waals surface area contributed by atoms with E-state index < -0.39 is 0 Å². The van der Waals surface area contributed by atoms with Crippen LogP contribution in [0.15, 0.2) is 22.6 Å². The van der Waals surface area contributed by atoms with Gasteiger partial charge in [0, 0.05) is 0 Å². The van der Waals surface area contributed by atoms with Gasteiger partial charge in [-0.3, -0.25) is 0 Å². The van der Waals surface area contributed by atoms with Crippen LogP contribution in [0.2, 0.25) is 0 Å². The first-order valence-electron chi connectivity index (χ1n) is 6.15. The minimum absolute atomic E-state index is 0.879. The minimum Gasteiger partial charge on any atom is -0.148 e. The van der Waals surface area contributed by atoms with Crippen molar-refractivity contribution in [1.82, 2.24) is 0 Å². The molecule has 0 aromatic heterocycles. The summed E-state index contributed by atoms with van der Waals surface area (Å²) in [5.74, 6) is 0.879. The molecule has 0 heterocycles. The summed E-state index contributed by atoms with van der Waals surface area (Å²) >= 11 is 4.36. The SMILES string of the molecule is CC/C(S)=C\C=C(/C)CCCC(C)CC. The van der Waals surface area contributed by atoms with E-state index in [0.717, 1.165) is 17.2 Å². The zero-order chi connectivity index (χ0) is 11.7. The first-order valence-corrected chi connectivity index (χ1v) is 6.60. The van der Waals surface area contributed by atoms with Gasteiger partial charge in [-0.15, -0.1) is 12.6 Å². The monoisotopic (exact) mass is 226 g/mol. The van der Waals surface area contributed by atoms with Gasteiger partial charge in [-0.05, 0) is 37.0 Å². The Morgan fingerprint density at radius 3 is 2.47 bits per heavy atom. The Labute approximate surface area is 101 Å². The van der Waals surface area contributed by atoms with E-state index in [4.69, 9.17) is 0 Å². The highest BCUT2D eigenvalue weighted by atomic mass is 32.1. The molecule has 1 unspecified atom stereocenters. The van der Waals surface area contributed by atoms with Crippen molar-refractivity contribution in [3.63, 3.8) is 0 Å². The molecule has 0 nitrogen and oxygen atoms in total. The maximum absolute atomic E-state index is 4.36. The number of hydrogen-bond donors (Lipinski definition) is 1. The summed E-state index contributed by atoms with van der Waals surface area (Å²) in [4.78, 5) is 1.16. The summed E-state index contributed by atoms with van der Waals surface area (Å²) in [5, 5.41) is 0. The normalized spacial score (nSPS) is 15.5. The van der Waals surface area contributed by atoms with Crippen molar-refractivity contribution in [3.05, 3.63) is 22.6 Å². The predicted octanol–water partition coefficient (Wildman–Crippen LogP) is 5.37. The second-order valence-electron chi connectivity index (χ2n) is 4.43. The molecule has 0 aromatic rings. The Bertz CT molecular complexity index is 213. The summed E-state index contributed by atoms with van der Waals surface area (Å²) in [6.07, 6.45) is 10.6. The quantitative estimate of drug-likeness (QED) is 0.438. The van der Waals surface area contributed by atoms with Crippen LogP contribution in [0.5, 0.6) is 0 Å². The Hall–Kier alpha value is -0.170. The zero-order valence-corrected chi connectivity index (χ0v) is 11.6. The molecule has 0 rings (SSSR count). The van der Waals surface area contributed by atoms with Gasteiger partial charge < -0.3 is 0 Å². The van der Waals surface area contributed by atoms with Crippen LogP contribution in [0.3, 0.4) is 0 Å². The molecule has 1 heteroatoms. The second kappa shape index (κ2) is 9.08. The summed E-state index contributed by atoms with van der Waals surface area (Å²) in [6, 6.07) is 0. The third kappa shape index (κ3) is 8.80. The lowest BCUT2D eigenvalue weighted by Gasteiger charge is -2.07. The van der Waals surface area contributed by atoms with Gasteiger partial charge in [0.15, 0.2) is 0 Å². The molecule has 0 bridgehead atoms. The fraction of sp³-hybridized carbons (Fsp3) is 0.714. The van der Waals surface area contributed by atoms with Gasteiger partial charge in [-0.2, -0.15) is 0 Å². The lowest BCUT2D eigenvalue weighted by atomic mass is 9.99. The largest absolute Gasteiger partial charge is 0.148 e. The van der Waals surface area contributed by atoms with E-state index in [2.05, 4.69) is 52.5 Å². The number of hydrogen-bond acceptors (Lipinski definition) is 1. The fourth-order valence-electron chi connectivity index (χ4n) is 1.37. The Morgan fingerprint density at radius 1 is 1.27 bits per heavy atom. The van der Waals surface area contributed by atoms with Crippen molar-refractivity contribution in [1.29, 1.82) is 0 Å². The summed E-state index contributed by atoms with van der Waals surface area (Å²) < 4.78 is 0. The third-order valence-corrected chi connectivity index (χ3v) is 3.35. The highest BCUT2D eigenvalue weighted by molar-refractivity contribution is 7.84. The zero-order valence-electron chi connectivity index (χ0n) is 10.7. The van der Waals surface area contributed by atoms with Gasteiger partial charge in [0.2, 0.25) is 0 Å². The lowest BCUT2D eigenvalue weighted by molar-refractivity contribution is 0.495. The average molecular weight is 226 g/mol. The average Bonchev–Trinajstić information content (AvgIpc) is 2.25. The van der Waals surface area contributed by atoms with Crippen molar-refractivity contribution in [2.75, 3.05) is 0 Å². The van der Waals surface area contributed by atoms with Crippen LogP contribution in [-0.2, 0) is 0 Å². The molecule has 0 spiro atoms. The topological polar surface area (TPSA) is 0 Å². The predicted molar refractivity (Wildman–Crippen MR) is 74.4 cm³/mol. The van der Waals surface area contributed by atoms with Crippen molar-refractivity contribution >= 4 is 12.6 Å². The van der Waals surface area contributed by atoms with Crippen LogP contribution < -0.4 is 0 Å². The smallest absolute Gasteiger partial charge is 0.0187 e. The van der Waals surface area contributed by atoms with Gasteiger partial charge in [0.1, 0.15) is 0 Å². The van der Waals surface area contributed by atoms with Gasteiger partial charge >= 0.3 is 0 Å². The number of thiol groups is 1. The Balaban J connectivity index is 3.78. The van der Waals surface area contributed by atoms with Crippen LogP contribution >= 0.6 is 12.6 Å². The summed E-state index contributed by atoms with van der Waals surface area (Å²) in [5.41, 5.74) is 1.47. The van der Waals surface area contributed by atoms with Gasteiger partial charge in [-0.1, -0.05) is 51.3 Å². The van der Waals surface area contributed by atoms with Crippen molar-refractivity contribution in [3.8, 4) is 0 Å². The molecule has 0 aliphatic heterocycles. The Morgan fingerprint density at radius 2 is 1.93 bits per heavy atom. The van der Waals surface area contributed by atoms with Crippen LogP contribution in [0.25, 0.3) is 0 Å². The molecule has 0 saturated carbocycles. The van der Waals surface area contributed by atoms with E-state index in [1.165, 1.54) is 31.3 Å². The van der Waals surface area contributed by atoms with Gasteiger partial charge in [0.05, 0.1) is 0 Å². The number of allylic oxidation sites excluding steroid dienone is 4. The molecular weight excluding hydrogens is 200 g/mol. The first-order chi connectivity index (χ1) is 7.10. The van der Waals surface area contributed by atoms with Crippen molar-refractivity contribution in [2.24, 2.45) is 5.92 Å². The molecule has 15 heavy (non-hydrogen) atoms. The van der Waals surface area contributed by atoms with Gasteiger partial charge in [0.25, 0.3) is 0 Å². The molecule has 0 aromatic carbocycles. The molecule has 88 valence electrons. The highest BCUT2D eigenvalue weighted by Crippen LogP contribution is 2.15. The molecule has 0 fully saturated rings. The summed E-state index contributed by atoms with van der Waals surface area (Å²) in [7, 11) is 0. The standard InChI is InChI=1S/C14H26S/c1-5-12(3)8-7-9-13(4)10-11-14(15)6-2/h10-12,15H,5-9H2,1-4H3/b13-10+,14-11+. The summed E-state index contributed by atoms with van der Waals surface area (Å²) in [6.45, 7) is 8.95. The van der Waals surface area contributed by atoms with Crippen LogP contribution in [0.1, 0.15) is 59.8 Å². The molecule has 0 aliphatic carbocycles. The molecule has 0 amide bonds. The van der Waals surface area contributed by atoms with Crippen LogP contribution in [-0.4, -0.2) is 0 Å². The highest BCUT2D eigenvalue weighted by Gasteiger charge is 1.98. The van der Waals surface area contributed by atoms with Crippen molar-refractivity contribution < 1.29 is 0 Å². The maximum atomic E-state index is 4.36. The Kier molecular flexibility index (Phi) is 8.98.